The van der Waals surface area contributed by atoms with E-state index in [0.29, 0.717) is 0 Å². The van der Waals surface area contributed by atoms with E-state index in [2.05, 4.69) is 254 Å². The predicted molar refractivity (Wildman–Crippen MR) is 281 cm³/mol. The molecule has 1 nitrogen and oxygen atoms in total. The summed E-state index contributed by atoms with van der Waals surface area (Å²) in [4.78, 5) is 2.49. The van der Waals surface area contributed by atoms with Gasteiger partial charge in [-0.15, -0.1) is 0 Å². The van der Waals surface area contributed by atoms with E-state index in [0.717, 1.165) is 28.2 Å². The molecule has 1 heteroatoms. The van der Waals surface area contributed by atoms with E-state index in [4.69, 9.17) is 0 Å². The number of hydrogen-bond acceptors (Lipinski definition) is 1. The molecule has 0 N–H and O–H groups in total. The Morgan fingerprint density at radius 3 is 1.22 bits per heavy atom. The second kappa shape index (κ2) is 15.1. The molecule has 0 bridgehead atoms. The summed E-state index contributed by atoms with van der Waals surface area (Å²) in [7, 11) is 0. The summed E-state index contributed by atoms with van der Waals surface area (Å²) in [6.07, 6.45) is 0. The van der Waals surface area contributed by atoms with Crippen LogP contribution >= 0.6 is 0 Å². The van der Waals surface area contributed by atoms with E-state index in [-0.39, 0.29) is 0 Å². The molecule has 0 aromatic heterocycles. The molecule has 0 heterocycles. The lowest BCUT2D eigenvalue weighted by Gasteiger charge is -2.30. The first-order chi connectivity index (χ1) is 32.3. The van der Waals surface area contributed by atoms with Crippen molar-refractivity contribution in [2.24, 2.45) is 0 Å². The summed E-state index contributed by atoms with van der Waals surface area (Å²) in [5, 5.41) is 19.8. The minimum Gasteiger partial charge on any atom is -0.309 e. The molecule has 0 fully saturated rings. The largest absolute Gasteiger partial charge is 0.309 e. The zero-order chi connectivity index (χ0) is 42.8. The van der Waals surface area contributed by atoms with Crippen LogP contribution in [0.25, 0.3) is 108 Å². The van der Waals surface area contributed by atoms with Crippen molar-refractivity contribution in [3.8, 4) is 22.3 Å². The molecule has 0 aliphatic rings. The molecule has 65 heavy (non-hydrogen) atoms. The topological polar surface area (TPSA) is 3.24 Å². The van der Waals surface area contributed by atoms with Gasteiger partial charge in [0, 0.05) is 16.8 Å². The van der Waals surface area contributed by atoms with Gasteiger partial charge < -0.3 is 4.90 Å². The fourth-order valence-corrected chi connectivity index (χ4v) is 10.8. The molecule has 0 unspecified atom stereocenters. The van der Waals surface area contributed by atoms with Crippen molar-refractivity contribution in [1.29, 1.82) is 0 Å². The SMILES string of the molecule is c1ccc(-c2ccccc2N(c2ccc3c4ccccc4c4ccccc4c4ccccc4c4c(cc5ccc6cccc7ccc4c5c67)c3c2)c2ccccc2-c2ccccc2)cc1. The van der Waals surface area contributed by atoms with Gasteiger partial charge in [0.15, 0.2) is 0 Å². The van der Waals surface area contributed by atoms with Crippen molar-refractivity contribution in [3.05, 3.63) is 249 Å². The Labute approximate surface area is 377 Å². The smallest absolute Gasteiger partial charge is 0.0540 e. The number of fused-ring (bicyclic) bond motifs is 11. The van der Waals surface area contributed by atoms with Gasteiger partial charge >= 0.3 is 0 Å². The highest BCUT2D eigenvalue weighted by atomic mass is 15.1. The Bertz CT molecular complexity index is 3960. The van der Waals surface area contributed by atoms with Crippen LogP contribution in [0.5, 0.6) is 0 Å². The highest BCUT2D eigenvalue weighted by Gasteiger charge is 2.22. The van der Waals surface area contributed by atoms with Crippen molar-refractivity contribution in [2.45, 2.75) is 0 Å². The Kier molecular flexibility index (Phi) is 8.60. The van der Waals surface area contributed by atoms with Gasteiger partial charge in [-0.25, -0.2) is 0 Å². The monoisotopic (exact) mass is 823 g/mol. The average molecular weight is 824 g/mol. The molecule has 0 saturated heterocycles. The first-order valence-electron chi connectivity index (χ1n) is 22.5. The number of hydrogen-bond donors (Lipinski definition) is 0. The lowest BCUT2D eigenvalue weighted by Crippen LogP contribution is -2.12. The zero-order valence-electron chi connectivity index (χ0n) is 35.6. The molecule has 0 aliphatic heterocycles. The number of benzene rings is 12. The maximum atomic E-state index is 2.49. The zero-order valence-corrected chi connectivity index (χ0v) is 35.6. The van der Waals surface area contributed by atoms with E-state index in [1.807, 2.05) is 0 Å². The molecular formula is C64H41N. The Morgan fingerprint density at radius 2 is 0.646 bits per heavy atom. The van der Waals surface area contributed by atoms with Crippen molar-refractivity contribution < 1.29 is 0 Å². The maximum absolute atomic E-state index is 2.49. The van der Waals surface area contributed by atoms with Crippen LogP contribution in [0.4, 0.5) is 17.1 Å². The molecule has 0 saturated carbocycles. The fourth-order valence-electron chi connectivity index (χ4n) is 10.8. The van der Waals surface area contributed by atoms with E-state index in [9.17, 15) is 0 Å². The summed E-state index contributed by atoms with van der Waals surface area (Å²) in [6.45, 7) is 0. The summed E-state index contributed by atoms with van der Waals surface area (Å²) in [5.74, 6) is 0. The third kappa shape index (κ3) is 5.94. The molecule has 0 radical (unpaired) electrons. The van der Waals surface area contributed by atoms with Gasteiger partial charge in [-0.1, -0.05) is 218 Å². The van der Waals surface area contributed by atoms with Crippen molar-refractivity contribution in [2.75, 3.05) is 4.90 Å². The lowest BCUT2D eigenvalue weighted by molar-refractivity contribution is 1.29. The lowest BCUT2D eigenvalue weighted by atomic mass is 9.87. The van der Waals surface area contributed by atoms with Crippen molar-refractivity contribution in [3.63, 3.8) is 0 Å². The summed E-state index contributed by atoms with van der Waals surface area (Å²) >= 11 is 0. The van der Waals surface area contributed by atoms with Crippen LogP contribution in [0.15, 0.2) is 249 Å². The predicted octanol–water partition coefficient (Wildman–Crippen LogP) is 18.3. The number of rotatable bonds is 5. The highest BCUT2D eigenvalue weighted by molar-refractivity contribution is 6.36. The molecule has 0 atom stereocenters. The Hall–Kier alpha value is -8.52. The minimum atomic E-state index is 1.08. The normalized spacial score (nSPS) is 11.7. The maximum Gasteiger partial charge on any atom is 0.0540 e. The minimum absolute atomic E-state index is 1.08. The number of anilines is 3. The quantitative estimate of drug-likeness (QED) is 0.156. The first kappa shape index (κ1) is 37.1. The van der Waals surface area contributed by atoms with Crippen LogP contribution in [0, 0.1) is 0 Å². The van der Waals surface area contributed by atoms with Crippen LogP contribution in [-0.2, 0) is 0 Å². The van der Waals surface area contributed by atoms with Crippen LogP contribution in [-0.4, -0.2) is 0 Å². The van der Waals surface area contributed by atoms with Gasteiger partial charge in [0.2, 0.25) is 0 Å². The van der Waals surface area contributed by atoms with Gasteiger partial charge in [0.05, 0.1) is 11.4 Å². The molecular weight excluding hydrogens is 783 g/mol. The third-order valence-electron chi connectivity index (χ3n) is 13.6. The number of para-hydroxylation sites is 2. The highest BCUT2D eigenvalue weighted by Crippen LogP contribution is 2.48. The van der Waals surface area contributed by atoms with Crippen molar-refractivity contribution in [1.82, 2.24) is 0 Å². The van der Waals surface area contributed by atoms with Gasteiger partial charge in [-0.05, 0) is 128 Å². The molecule has 13 aromatic carbocycles. The van der Waals surface area contributed by atoms with Gasteiger partial charge in [-0.2, -0.15) is 0 Å². The third-order valence-corrected chi connectivity index (χ3v) is 13.6. The number of nitrogens with zero attached hydrogens (tertiary/aromatic N) is 1. The molecule has 0 amide bonds. The Morgan fingerprint density at radius 1 is 0.215 bits per heavy atom. The Balaban J connectivity index is 1.27. The first-order valence-corrected chi connectivity index (χ1v) is 22.5. The molecule has 13 aromatic rings. The van der Waals surface area contributed by atoms with Crippen LogP contribution in [0.1, 0.15) is 0 Å². The van der Waals surface area contributed by atoms with Crippen molar-refractivity contribution >= 4 is 103 Å². The van der Waals surface area contributed by atoms with E-state index >= 15 is 0 Å². The van der Waals surface area contributed by atoms with Crippen LogP contribution in [0.3, 0.4) is 0 Å². The molecule has 13 rings (SSSR count). The van der Waals surface area contributed by atoms with E-state index in [1.165, 1.54) is 97.3 Å². The van der Waals surface area contributed by atoms with Gasteiger partial charge in [-0.3, -0.25) is 0 Å². The molecule has 0 aliphatic carbocycles. The second-order valence-corrected chi connectivity index (χ2v) is 17.1. The van der Waals surface area contributed by atoms with Crippen LogP contribution < -0.4 is 4.90 Å². The van der Waals surface area contributed by atoms with Gasteiger partial charge in [0.25, 0.3) is 0 Å². The molecule has 302 valence electrons. The summed E-state index contributed by atoms with van der Waals surface area (Å²) in [5.41, 5.74) is 7.96. The fraction of sp³-hybridized carbons (Fsp3) is 0. The van der Waals surface area contributed by atoms with Crippen LogP contribution in [0.2, 0.25) is 0 Å². The average Bonchev–Trinajstić information content (AvgIpc) is 3.38. The molecule has 0 spiro atoms. The summed E-state index contributed by atoms with van der Waals surface area (Å²) in [6, 6.07) is 92.1. The second-order valence-electron chi connectivity index (χ2n) is 17.1. The van der Waals surface area contributed by atoms with Gasteiger partial charge in [0.1, 0.15) is 0 Å². The standard InChI is InChI=1S/C64H41N/c1-3-18-42(19-4-1)48-24-13-15-32-60(48)65(61-33-16-14-25-49(61)43-20-5-2-6-21-43)47-37-39-55-53-29-10-8-27-51(53)50-26-7-9-28-52(50)54-30-11-12-31-56(54)64-57-38-36-45-23-17-22-44-34-35-46(63(57)62(44)45)40-59(64)58(55)41-47/h1-41H. The van der Waals surface area contributed by atoms with E-state index < -0.39 is 0 Å². The van der Waals surface area contributed by atoms with E-state index in [1.54, 1.807) is 0 Å². The summed E-state index contributed by atoms with van der Waals surface area (Å²) < 4.78 is 0.